The van der Waals surface area contributed by atoms with Crippen molar-refractivity contribution in [3.05, 3.63) is 57.8 Å². The molecule has 1 aromatic carbocycles. The van der Waals surface area contributed by atoms with Gasteiger partial charge in [0.1, 0.15) is 0 Å². The van der Waals surface area contributed by atoms with Gasteiger partial charge in [-0.15, -0.1) is 11.3 Å². The predicted octanol–water partition coefficient (Wildman–Crippen LogP) is 3.82. The summed E-state index contributed by atoms with van der Waals surface area (Å²) >= 11 is 1.74. The minimum absolute atomic E-state index is 0.121. The molecule has 1 atom stereocenters. The zero-order valence-electron chi connectivity index (χ0n) is 14.4. The van der Waals surface area contributed by atoms with E-state index in [1.807, 2.05) is 0 Å². The molecule has 1 N–H and O–H groups in total. The van der Waals surface area contributed by atoms with Crippen LogP contribution in [-0.2, 0) is 0 Å². The Balaban J connectivity index is 1.68. The molecule has 5 heteroatoms. The number of carbonyl (C=O) groups excluding carboxylic acids is 1. The highest BCUT2D eigenvalue weighted by Gasteiger charge is 2.25. The van der Waals surface area contributed by atoms with E-state index in [1.165, 1.54) is 17.7 Å². The third-order valence-corrected chi connectivity index (χ3v) is 5.81. The Hall–Kier alpha value is -2.16. The molecule has 1 amide bonds. The highest BCUT2D eigenvalue weighted by Crippen LogP contribution is 2.29. The molecule has 1 aromatic heterocycles. The zero-order valence-corrected chi connectivity index (χ0v) is 15.3. The largest absolute Gasteiger partial charge is 0.350 e. The minimum Gasteiger partial charge on any atom is -0.350 e. The molecule has 1 saturated heterocycles. The smallest absolute Gasteiger partial charge is 0.251 e. The molecule has 3 rings (SSSR count). The van der Waals surface area contributed by atoms with Crippen LogP contribution < -0.4 is 5.32 Å². The maximum atomic E-state index is 12.5. The van der Waals surface area contributed by atoms with Crippen LogP contribution in [0.2, 0.25) is 0 Å². The van der Waals surface area contributed by atoms with Crippen LogP contribution in [0.15, 0.2) is 41.8 Å². The summed E-state index contributed by atoms with van der Waals surface area (Å²) < 4.78 is 0. The number of likely N-dealkylation sites (tertiary alicyclic amines) is 1. The fourth-order valence-corrected chi connectivity index (χ4v) is 4.11. The van der Waals surface area contributed by atoms with Crippen molar-refractivity contribution in [1.82, 2.24) is 10.2 Å². The molecule has 2 aromatic rings. The molecule has 0 bridgehead atoms. The number of thiophene rings is 1. The lowest BCUT2D eigenvalue weighted by molar-refractivity contribution is 0.0915. The first-order valence-electron chi connectivity index (χ1n) is 8.73. The summed E-state index contributed by atoms with van der Waals surface area (Å²) in [5.74, 6) is 0.660. The van der Waals surface area contributed by atoms with Crippen LogP contribution in [0.3, 0.4) is 0 Å². The van der Waals surface area contributed by atoms with Gasteiger partial charge in [0.05, 0.1) is 17.7 Å². The number of amides is 1. The van der Waals surface area contributed by atoms with Gasteiger partial charge in [-0.25, -0.2) is 0 Å². The van der Waals surface area contributed by atoms with Gasteiger partial charge < -0.3 is 5.32 Å². The number of benzene rings is 1. The van der Waals surface area contributed by atoms with E-state index in [4.69, 9.17) is 5.26 Å². The van der Waals surface area contributed by atoms with Crippen LogP contribution in [0.5, 0.6) is 0 Å². The molecule has 1 aliphatic rings. The average Bonchev–Trinajstić information content (AvgIpc) is 3.17. The second-order valence-electron chi connectivity index (χ2n) is 6.65. The number of piperidine rings is 1. The van der Waals surface area contributed by atoms with Gasteiger partial charge in [-0.2, -0.15) is 5.26 Å². The maximum Gasteiger partial charge on any atom is 0.251 e. The van der Waals surface area contributed by atoms with Crippen molar-refractivity contribution >= 4 is 17.2 Å². The van der Waals surface area contributed by atoms with E-state index in [0.717, 1.165) is 19.0 Å². The molecule has 1 unspecified atom stereocenters. The molecule has 4 nitrogen and oxygen atoms in total. The van der Waals surface area contributed by atoms with Crippen LogP contribution in [0.1, 0.15) is 46.6 Å². The number of nitrogens with one attached hydrogen (secondary N) is 1. The Morgan fingerprint density at radius 2 is 2.16 bits per heavy atom. The van der Waals surface area contributed by atoms with Crippen LogP contribution in [0.4, 0.5) is 0 Å². The van der Waals surface area contributed by atoms with E-state index in [9.17, 15) is 4.79 Å². The van der Waals surface area contributed by atoms with Crippen LogP contribution >= 0.6 is 11.3 Å². The first kappa shape index (κ1) is 17.7. The van der Waals surface area contributed by atoms with Gasteiger partial charge >= 0.3 is 0 Å². The molecule has 130 valence electrons. The number of nitrogens with zero attached hydrogens (tertiary/aromatic N) is 2. The van der Waals surface area contributed by atoms with Crippen LogP contribution in [-0.4, -0.2) is 30.4 Å². The standard InChI is InChI=1S/C20H23N3OS/c1-15-7-9-23(10-8-15)18(19-6-3-11-25-19)14-22-20(24)17-5-2-4-16(12-17)13-21/h2-6,11-12,15,18H,7-10,14H2,1H3,(H,22,24). The van der Waals surface area contributed by atoms with Gasteiger partial charge in [0.2, 0.25) is 0 Å². The molecule has 0 saturated carbocycles. The lowest BCUT2D eigenvalue weighted by Gasteiger charge is -2.36. The van der Waals surface area contributed by atoms with E-state index >= 15 is 0 Å². The molecule has 1 fully saturated rings. The van der Waals surface area contributed by atoms with E-state index in [2.05, 4.69) is 40.7 Å². The third kappa shape index (κ3) is 4.47. The Morgan fingerprint density at radius 1 is 1.36 bits per heavy atom. The summed E-state index contributed by atoms with van der Waals surface area (Å²) in [6.45, 7) is 5.04. The minimum atomic E-state index is -0.121. The van der Waals surface area contributed by atoms with Gasteiger partial charge in [-0.05, 0) is 61.5 Å². The van der Waals surface area contributed by atoms with E-state index in [1.54, 1.807) is 35.6 Å². The molecule has 25 heavy (non-hydrogen) atoms. The lowest BCUT2D eigenvalue weighted by atomic mass is 9.97. The first-order chi connectivity index (χ1) is 12.2. The van der Waals surface area contributed by atoms with Gasteiger partial charge in [-0.1, -0.05) is 19.1 Å². The summed E-state index contributed by atoms with van der Waals surface area (Å²) in [5, 5.41) is 14.1. The Bertz CT molecular complexity index is 743. The summed E-state index contributed by atoms with van der Waals surface area (Å²) in [7, 11) is 0. The molecule has 0 aliphatic carbocycles. The van der Waals surface area contributed by atoms with Crippen molar-refractivity contribution in [3.8, 4) is 6.07 Å². The number of rotatable bonds is 5. The van der Waals surface area contributed by atoms with Crippen molar-refractivity contribution < 1.29 is 4.79 Å². The van der Waals surface area contributed by atoms with Gasteiger partial charge in [0.15, 0.2) is 0 Å². The predicted molar refractivity (Wildman–Crippen MR) is 101 cm³/mol. The summed E-state index contributed by atoms with van der Waals surface area (Å²) in [6, 6.07) is 13.4. The van der Waals surface area contributed by atoms with Crippen molar-refractivity contribution in [1.29, 1.82) is 5.26 Å². The Kier molecular flexibility index (Phi) is 5.85. The normalized spacial score (nSPS) is 17.0. The molecule has 1 aliphatic heterocycles. The van der Waals surface area contributed by atoms with Crippen molar-refractivity contribution in [2.24, 2.45) is 5.92 Å². The molecular weight excluding hydrogens is 330 g/mol. The number of nitriles is 1. The number of carbonyl (C=O) groups is 1. The number of hydrogen-bond acceptors (Lipinski definition) is 4. The molecule has 0 radical (unpaired) electrons. The van der Waals surface area contributed by atoms with Crippen molar-refractivity contribution in [2.45, 2.75) is 25.8 Å². The molecule has 0 spiro atoms. The quantitative estimate of drug-likeness (QED) is 0.889. The highest BCUT2D eigenvalue weighted by molar-refractivity contribution is 7.10. The zero-order chi connectivity index (χ0) is 17.6. The Morgan fingerprint density at radius 3 is 2.84 bits per heavy atom. The van der Waals surface area contributed by atoms with Crippen molar-refractivity contribution in [2.75, 3.05) is 19.6 Å². The molecule has 2 heterocycles. The van der Waals surface area contributed by atoms with Crippen molar-refractivity contribution in [3.63, 3.8) is 0 Å². The second kappa shape index (κ2) is 8.28. The SMILES string of the molecule is CC1CCN(C(CNC(=O)c2cccc(C#N)c2)c2cccs2)CC1. The van der Waals surface area contributed by atoms with E-state index < -0.39 is 0 Å². The summed E-state index contributed by atoms with van der Waals surface area (Å²) in [6.07, 6.45) is 2.42. The first-order valence-corrected chi connectivity index (χ1v) is 9.61. The number of hydrogen-bond donors (Lipinski definition) is 1. The van der Waals surface area contributed by atoms with E-state index in [0.29, 0.717) is 17.7 Å². The van der Waals surface area contributed by atoms with Gasteiger partial charge in [0, 0.05) is 17.0 Å². The maximum absolute atomic E-state index is 12.5. The average molecular weight is 353 g/mol. The third-order valence-electron chi connectivity index (χ3n) is 4.84. The second-order valence-corrected chi connectivity index (χ2v) is 7.63. The van der Waals surface area contributed by atoms with E-state index in [-0.39, 0.29) is 11.9 Å². The fraction of sp³-hybridized carbons (Fsp3) is 0.400. The van der Waals surface area contributed by atoms with Crippen LogP contribution in [0.25, 0.3) is 0 Å². The highest BCUT2D eigenvalue weighted by atomic mass is 32.1. The monoisotopic (exact) mass is 353 g/mol. The summed E-state index contributed by atoms with van der Waals surface area (Å²) in [5.41, 5.74) is 1.05. The van der Waals surface area contributed by atoms with Gasteiger partial charge in [0.25, 0.3) is 5.91 Å². The molecular formula is C20H23N3OS. The summed E-state index contributed by atoms with van der Waals surface area (Å²) in [4.78, 5) is 16.3. The topological polar surface area (TPSA) is 56.1 Å². The fourth-order valence-electron chi connectivity index (χ4n) is 3.25. The lowest BCUT2D eigenvalue weighted by Crippen LogP contribution is -2.41. The van der Waals surface area contributed by atoms with Gasteiger partial charge in [-0.3, -0.25) is 9.69 Å². The Labute approximate surface area is 153 Å². The van der Waals surface area contributed by atoms with Crippen LogP contribution in [0, 0.1) is 17.2 Å².